The minimum Gasteiger partial charge on any atom is -0.415 e. The van der Waals surface area contributed by atoms with Gasteiger partial charge in [-0.05, 0) is 29.8 Å². The summed E-state index contributed by atoms with van der Waals surface area (Å²) < 4.78 is 98.0. The van der Waals surface area contributed by atoms with Crippen LogP contribution in [0.5, 0.6) is 0 Å². The van der Waals surface area contributed by atoms with Crippen LogP contribution in [-0.2, 0) is 22.7 Å². The summed E-state index contributed by atoms with van der Waals surface area (Å²) in [6.45, 7) is -0.155. The molecule has 3 aromatic heterocycles. The van der Waals surface area contributed by atoms with Gasteiger partial charge in [-0.1, -0.05) is 6.07 Å². The summed E-state index contributed by atoms with van der Waals surface area (Å²) in [5, 5.41) is 6.71. The first kappa shape index (κ1) is 20.4. The smallest absolute Gasteiger partial charge is 0.415 e. The molecule has 0 amide bonds. The van der Waals surface area contributed by atoms with E-state index in [1.807, 2.05) is 0 Å². The number of hydrogen-bond acceptors (Lipinski definition) is 6. The second kappa shape index (κ2) is 6.72. The van der Waals surface area contributed by atoms with E-state index in [9.17, 15) is 30.4 Å². The maximum Gasteiger partial charge on any atom is 0.434 e. The zero-order valence-electron chi connectivity index (χ0n) is 15.6. The SMILES string of the molecule is O=S1(=O)c2cc(-c3nnc(C(F)F)o3)ccc2CN1c1cccn2cc(C(F)(F)F)nc12. The number of alkyl halides is 5. The largest absolute Gasteiger partial charge is 0.434 e. The molecule has 166 valence electrons. The molecule has 1 aliphatic rings. The minimum atomic E-state index is -4.70. The van der Waals surface area contributed by atoms with Crippen LogP contribution in [0, 0.1) is 0 Å². The van der Waals surface area contributed by atoms with Gasteiger partial charge in [0.15, 0.2) is 11.3 Å². The fourth-order valence-electron chi connectivity index (χ4n) is 3.40. The number of hydrogen-bond donors (Lipinski definition) is 0. The lowest BCUT2D eigenvalue weighted by Crippen LogP contribution is -2.24. The Kier molecular flexibility index (Phi) is 4.28. The van der Waals surface area contributed by atoms with Crippen LogP contribution in [0.25, 0.3) is 17.1 Å². The van der Waals surface area contributed by atoms with Crippen LogP contribution in [0.4, 0.5) is 27.6 Å². The molecule has 4 heterocycles. The van der Waals surface area contributed by atoms with Gasteiger partial charge in [0.1, 0.15) is 0 Å². The van der Waals surface area contributed by atoms with Gasteiger partial charge in [-0.3, -0.25) is 4.31 Å². The van der Waals surface area contributed by atoms with E-state index in [2.05, 4.69) is 15.2 Å². The van der Waals surface area contributed by atoms with Gasteiger partial charge in [0.05, 0.1) is 17.1 Å². The number of sulfonamides is 1. The van der Waals surface area contributed by atoms with Crippen LogP contribution in [-0.4, -0.2) is 28.0 Å². The number of anilines is 1. The molecule has 0 fully saturated rings. The highest BCUT2D eigenvalue weighted by Gasteiger charge is 2.38. The summed E-state index contributed by atoms with van der Waals surface area (Å²) in [5.41, 5.74) is -0.931. The highest BCUT2D eigenvalue weighted by Crippen LogP contribution is 2.39. The van der Waals surface area contributed by atoms with Crippen molar-refractivity contribution < 1.29 is 34.8 Å². The fraction of sp³-hybridized carbons (Fsp3) is 0.167. The summed E-state index contributed by atoms with van der Waals surface area (Å²) in [5.74, 6) is -1.20. The summed E-state index contributed by atoms with van der Waals surface area (Å²) in [4.78, 5) is 3.41. The lowest BCUT2D eigenvalue weighted by molar-refractivity contribution is -0.140. The molecular weight excluding hydrogens is 461 g/mol. The average molecular weight is 471 g/mol. The summed E-state index contributed by atoms with van der Waals surface area (Å²) in [6.07, 6.45) is -5.60. The van der Waals surface area contributed by atoms with Crippen LogP contribution in [0.15, 0.2) is 52.0 Å². The van der Waals surface area contributed by atoms with E-state index in [0.717, 1.165) is 14.9 Å². The molecule has 5 rings (SSSR count). The topological polar surface area (TPSA) is 93.6 Å². The van der Waals surface area contributed by atoms with Crippen LogP contribution in [0.2, 0.25) is 0 Å². The van der Waals surface area contributed by atoms with Crippen molar-refractivity contribution in [2.45, 2.75) is 24.0 Å². The van der Waals surface area contributed by atoms with Crippen molar-refractivity contribution in [1.29, 1.82) is 0 Å². The van der Waals surface area contributed by atoms with Crippen LogP contribution < -0.4 is 4.31 Å². The normalized spacial score (nSPS) is 15.6. The van der Waals surface area contributed by atoms with Crippen molar-refractivity contribution >= 4 is 21.4 Å². The highest BCUT2D eigenvalue weighted by atomic mass is 32.2. The quantitative estimate of drug-likeness (QED) is 0.419. The maximum atomic E-state index is 13.2. The van der Waals surface area contributed by atoms with E-state index in [0.29, 0.717) is 5.56 Å². The zero-order valence-corrected chi connectivity index (χ0v) is 16.4. The molecule has 1 aliphatic heterocycles. The van der Waals surface area contributed by atoms with E-state index in [1.165, 1.54) is 36.5 Å². The predicted molar refractivity (Wildman–Crippen MR) is 98.3 cm³/mol. The highest BCUT2D eigenvalue weighted by molar-refractivity contribution is 7.93. The van der Waals surface area contributed by atoms with Gasteiger partial charge in [-0.15, -0.1) is 10.2 Å². The van der Waals surface area contributed by atoms with E-state index >= 15 is 0 Å². The van der Waals surface area contributed by atoms with Crippen LogP contribution in [0.3, 0.4) is 0 Å². The van der Waals surface area contributed by atoms with Crippen LogP contribution in [0.1, 0.15) is 23.6 Å². The molecule has 32 heavy (non-hydrogen) atoms. The summed E-state index contributed by atoms with van der Waals surface area (Å²) in [6, 6.07) is 6.82. The monoisotopic (exact) mass is 471 g/mol. The van der Waals surface area contributed by atoms with Crippen molar-refractivity contribution in [3.05, 3.63) is 59.9 Å². The Bertz CT molecular complexity index is 1460. The average Bonchev–Trinajstić information content (AvgIpc) is 3.43. The first-order valence-corrected chi connectivity index (χ1v) is 10.3. The van der Waals surface area contributed by atoms with E-state index < -0.39 is 34.2 Å². The Hall–Kier alpha value is -3.55. The fourth-order valence-corrected chi connectivity index (χ4v) is 5.09. The molecule has 0 atom stereocenters. The number of imidazole rings is 1. The standard InChI is InChI=1S/C18H10F5N5O3S/c19-14(20)17-26-25-16(31-17)9-3-4-10-7-28(32(29,30)12(10)6-9)11-2-1-5-27-8-13(18(21,22)23)24-15(11)27/h1-6,8,14H,7H2. The molecule has 0 aliphatic carbocycles. The number of rotatable bonds is 3. The Labute approximate surface area is 176 Å². The van der Waals surface area contributed by atoms with Crippen molar-refractivity contribution in [2.24, 2.45) is 0 Å². The predicted octanol–water partition coefficient (Wildman–Crippen LogP) is 4.05. The molecule has 1 aromatic carbocycles. The van der Waals surface area contributed by atoms with Crippen molar-refractivity contribution in [1.82, 2.24) is 19.6 Å². The van der Waals surface area contributed by atoms with Crippen molar-refractivity contribution in [3.63, 3.8) is 0 Å². The third-order valence-electron chi connectivity index (χ3n) is 4.84. The van der Waals surface area contributed by atoms with Gasteiger partial charge < -0.3 is 8.82 Å². The second-order valence-corrected chi connectivity index (χ2v) is 8.66. The Morgan fingerprint density at radius 1 is 1.12 bits per heavy atom. The molecule has 0 saturated heterocycles. The number of pyridine rings is 1. The third kappa shape index (κ3) is 3.09. The molecule has 14 heteroatoms. The summed E-state index contributed by atoms with van der Waals surface area (Å²) in [7, 11) is -4.20. The molecule has 0 saturated carbocycles. The van der Waals surface area contributed by atoms with Crippen LogP contribution >= 0.6 is 0 Å². The maximum absolute atomic E-state index is 13.2. The molecular formula is C18H10F5N5O3S. The molecule has 0 spiro atoms. The lowest BCUT2D eigenvalue weighted by Gasteiger charge is -2.17. The number of aromatic nitrogens is 4. The number of nitrogens with zero attached hydrogens (tertiary/aromatic N) is 5. The molecule has 0 N–H and O–H groups in total. The number of halogens is 5. The molecule has 0 radical (unpaired) electrons. The van der Waals surface area contributed by atoms with Crippen molar-refractivity contribution in [2.75, 3.05) is 4.31 Å². The zero-order chi connectivity index (χ0) is 22.8. The van der Waals surface area contributed by atoms with Crippen molar-refractivity contribution in [3.8, 4) is 11.5 Å². The Morgan fingerprint density at radius 2 is 1.91 bits per heavy atom. The number of benzene rings is 1. The van der Waals surface area contributed by atoms with Gasteiger partial charge in [0, 0.05) is 18.0 Å². The van der Waals surface area contributed by atoms with Gasteiger partial charge in [-0.2, -0.15) is 22.0 Å². The second-order valence-electron chi connectivity index (χ2n) is 6.83. The Balaban J connectivity index is 1.58. The lowest BCUT2D eigenvalue weighted by atomic mass is 10.1. The minimum absolute atomic E-state index is 0.0430. The van der Waals surface area contributed by atoms with Gasteiger partial charge in [-0.25, -0.2) is 13.4 Å². The van der Waals surface area contributed by atoms with E-state index in [-0.39, 0.29) is 34.2 Å². The molecule has 0 bridgehead atoms. The van der Waals surface area contributed by atoms with E-state index in [1.54, 1.807) is 0 Å². The number of fused-ring (bicyclic) bond motifs is 2. The van der Waals surface area contributed by atoms with Gasteiger partial charge >= 0.3 is 12.6 Å². The first-order chi connectivity index (χ1) is 15.1. The van der Waals surface area contributed by atoms with Gasteiger partial charge in [0.25, 0.3) is 15.9 Å². The van der Waals surface area contributed by atoms with E-state index in [4.69, 9.17) is 4.42 Å². The molecule has 4 aromatic rings. The van der Waals surface area contributed by atoms with Gasteiger partial charge in [0.2, 0.25) is 5.89 Å². The summed E-state index contributed by atoms with van der Waals surface area (Å²) >= 11 is 0. The first-order valence-electron chi connectivity index (χ1n) is 8.88. The Morgan fingerprint density at radius 3 is 2.59 bits per heavy atom. The third-order valence-corrected chi connectivity index (χ3v) is 6.69. The molecule has 0 unspecified atom stereocenters. The molecule has 8 nitrogen and oxygen atoms in total.